The minimum absolute atomic E-state index is 0.0182. The normalized spacial score (nSPS) is 10.2. The van der Waals surface area contributed by atoms with Crippen LogP contribution in [0.15, 0.2) is 40.8 Å². The first-order valence-corrected chi connectivity index (χ1v) is 6.33. The standard InChI is InChI=1S/C14H15ClN2O2/c1-16-14(18)8-10-4-2-3-5-12(10)17-9-11-6-7-13(15)19-11/h2-7,17H,8-9H2,1H3,(H,16,18). The summed E-state index contributed by atoms with van der Waals surface area (Å²) in [7, 11) is 1.63. The first-order valence-electron chi connectivity index (χ1n) is 5.95. The molecule has 0 saturated carbocycles. The Kier molecular flexibility index (Phi) is 4.47. The fraction of sp³-hybridized carbons (Fsp3) is 0.214. The van der Waals surface area contributed by atoms with E-state index in [4.69, 9.17) is 16.0 Å². The van der Waals surface area contributed by atoms with Crippen molar-refractivity contribution in [2.75, 3.05) is 12.4 Å². The van der Waals surface area contributed by atoms with Gasteiger partial charge in [0.2, 0.25) is 5.91 Å². The van der Waals surface area contributed by atoms with Crippen LogP contribution in [-0.4, -0.2) is 13.0 Å². The first-order chi connectivity index (χ1) is 9.19. The van der Waals surface area contributed by atoms with Crippen LogP contribution in [0.3, 0.4) is 0 Å². The maximum absolute atomic E-state index is 11.4. The molecule has 2 N–H and O–H groups in total. The molecule has 0 saturated heterocycles. The van der Waals surface area contributed by atoms with Crippen molar-refractivity contribution in [3.63, 3.8) is 0 Å². The van der Waals surface area contributed by atoms with Gasteiger partial charge in [-0.25, -0.2) is 0 Å². The first kappa shape index (κ1) is 13.5. The molecule has 0 fully saturated rings. The van der Waals surface area contributed by atoms with Crippen molar-refractivity contribution >= 4 is 23.2 Å². The topological polar surface area (TPSA) is 54.3 Å². The largest absolute Gasteiger partial charge is 0.448 e. The molecule has 0 aliphatic rings. The minimum atomic E-state index is -0.0182. The summed E-state index contributed by atoms with van der Waals surface area (Å²) < 4.78 is 5.27. The third-order valence-electron chi connectivity index (χ3n) is 2.73. The number of amides is 1. The minimum Gasteiger partial charge on any atom is -0.448 e. The highest BCUT2D eigenvalue weighted by atomic mass is 35.5. The summed E-state index contributed by atoms with van der Waals surface area (Å²) >= 11 is 5.71. The summed E-state index contributed by atoms with van der Waals surface area (Å²) in [5.74, 6) is 0.732. The van der Waals surface area contributed by atoms with Crippen molar-refractivity contribution in [1.82, 2.24) is 5.32 Å². The van der Waals surface area contributed by atoms with E-state index in [2.05, 4.69) is 10.6 Å². The van der Waals surface area contributed by atoms with Crippen molar-refractivity contribution in [2.45, 2.75) is 13.0 Å². The zero-order chi connectivity index (χ0) is 13.7. The lowest BCUT2D eigenvalue weighted by Gasteiger charge is -2.10. The number of carbonyl (C=O) groups is 1. The van der Waals surface area contributed by atoms with Crippen LogP contribution >= 0.6 is 11.6 Å². The third-order valence-corrected chi connectivity index (χ3v) is 2.93. The lowest BCUT2D eigenvalue weighted by atomic mass is 10.1. The second-order valence-corrected chi connectivity index (χ2v) is 4.44. The van der Waals surface area contributed by atoms with Crippen LogP contribution < -0.4 is 10.6 Å². The SMILES string of the molecule is CNC(=O)Cc1ccccc1NCc1ccc(Cl)o1. The zero-order valence-corrected chi connectivity index (χ0v) is 11.3. The van der Waals surface area contributed by atoms with Gasteiger partial charge < -0.3 is 15.1 Å². The average Bonchev–Trinajstić information content (AvgIpc) is 2.83. The Morgan fingerprint density at radius 2 is 2.05 bits per heavy atom. The van der Waals surface area contributed by atoms with Gasteiger partial charge in [0.15, 0.2) is 5.22 Å². The number of rotatable bonds is 5. The van der Waals surface area contributed by atoms with Gasteiger partial charge in [-0.1, -0.05) is 18.2 Å². The average molecular weight is 279 g/mol. The van der Waals surface area contributed by atoms with E-state index in [9.17, 15) is 4.79 Å². The molecule has 1 aromatic heterocycles. The van der Waals surface area contributed by atoms with E-state index in [1.807, 2.05) is 30.3 Å². The fourth-order valence-corrected chi connectivity index (χ4v) is 1.90. The molecular formula is C14H15ClN2O2. The number of carbonyl (C=O) groups excluding carboxylic acids is 1. The summed E-state index contributed by atoms with van der Waals surface area (Å²) in [4.78, 5) is 11.4. The van der Waals surface area contributed by atoms with Gasteiger partial charge in [0.05, 0.1) is 13.0 Å². The molecule has 100 valence electrons. The number of para-hydroxylation sites is 1. The Morgan fingerprint density at radius 1 is 1.26 bits per heavy atom. The molecule has 0 bridgehead atoms. The molecule has 0 spiro atoms. The van der Waals surface area contributed by atoms with Gasteiger partial charge in [-0.2, -0.15) is 0 Å². The van der Waals surface area contributed by atoms with E-state index in [0.29, 0.717) is 18.2 Å². The lowest BCUT2D eigenvalue weighted by Crippen LogP contribution is -2.20. The van der Waals surface area contributed by atoms with Gasteiger partial charge >= 0.3 is 0 Å². The summed E-state index contributed by atoms with van der Waals surface area (Å²) in [6.07, 6.45) is 0.346. The molecule has 0 radical (unpaired) electrons. The molecule has 2 aromatic rings. The Bertz CT molecular complexity index is 566. The molecule has 2 rings (SSSR count). The highest BCUT2D eigenvalue weighted by molar-refractivity contribution is 6.28. The molecule has 19 heavy (non-hydrogen) atoms. The van der Waals surface area contributed by atoms with Gasteiger partial charge in [0, 0.05) is 12.7 Å². The molecule has 1 heterocycles. The van der Waals surface area contributed by atoms with Crippen LogP contribution in [0.4, 0.5) is 5.69 Å². The molecule has 4 nitrogen and oxygen atoms in total. The second kappa shape index (κ2) is 6.29. The predicted molar refractivity (Wildman–Crippen MR) is 75.3 cm³/mol. The van der Waals surface area contributed by atoms with Crippen molar-refractivity contribution in [3.8, 4) is 0 Å². The van der Waals surface area contributed by atoms with E-state index >= 15 is 0 Å². The van der Waals surface area contributed by atoms with Crippen molar-refractivity contribution in [3.05, 3.63) is 52.9 Å². The molecule has 0 aliphatic carbocycles. The monoisotopic (exact) mass is 278 g/mol. The molecule has 1 aromatic carbocycles. The Labute approximate surface area is 116 Å². The van der Waals surface area contributed by atoms with Gasteiger partial charge in [-0.3, -0.25) is 4.79 Å². The Morgan fingerprint density at radius 3 is 2.74 bits per heavy atom. The van der Waals surface area contributed by atoms with Gasteiger partial charge in [-0.15, -0.1) is 0 Å². The van der Waals surface area contributed by atoms with Crippen molar-refractivity contribution < 1.29 is 9.21 Å². The number of benzene rings is 1. The van der Waals surface area contributed by atoms with E-state index in [1.54, 1.807) is 13.1 Å². The molecule has 5 heteroatoms. The summed E-state index contributed by atoms with van der Waals surface area (Å²) in [5.41, 5.74) is 1.86. The van der Waals surface area contributed by atoms with E-state index in [0.717, 1.165) is 17.0 Å². The summed E-state index contributed by atoms with van der Waals surface area (Å²) in [6.45, 7) is 0.525. The quantitative estimate of drug-likeness (QED) is 0.884. The van der Waals surface area contributed by atoms with Gasteiger partial charge in [-0.05, 0) is 35.4 Å². The van der Waals surface area contributed by atoms with Crippen molar-refractivity contribution in [2.24, 2.45) is 0 Å². The van der Waals surface area contributed by atoms with Crippen LogP contribution in [0, 0.1) is 0 Å². The molecular weight excluding hydrogens is 264 g/mol. The number of halogens is 1. The number of hydrogen-bond donors (Lipinski definition) is 2. The van der Waals surface area contributed by atoms with Crippen molar-refractivity contribution in [1.29, 1.82) is 0 Å². The van der Waals surface area contributed by atoms with E-state index in [-0.39, 0.29) is 5.91 Å². The van der Waals surface area contributed by atoms with Crippen LogP contribution in [-0.2, 0) is 17.8 Å². The van der Waals surface area contributed by atoms with Crippen LogP contribution in [0.1, 0.15) is 11.3 Å². The molecule has 0 aliphatic heterocycles. The number of likely N-dealkylation sites (N-methyl/N-ethyl adjacent to an activating group) is 1. The summed E-state index contributed by atoms with van der Waals surface area (Å²) in [6, 6.07) is 11.2. The number of anilines is 1. The second-order valence-electron chi connectivity index (χ2n) is 4.07. The lowest BCUT2D eigenvalue weighted by molar-refractivity contribution is -0.119. The smallest absolute Gasteiger partial charge is 0.224 e. The highest BCUT2D eigenvalue weighted by Gasteiger charge is 2.07. The molecule has 0 unspecified atom stereocenters. The van der Waals surface area contributed by atoms with E-state index in [1.165, 1.54) is 0 Å². The maximum Gasteiger partial charge on any atom is 0.224 e. The van der Waals surface area contributed by atoms with Crippen LogP contribution in [0.5, 0.6) is 0 Å². The highest BCUT2D eigenvalue weighted by Crippen LogP contribution is 2.18. The maximum atomic E-state index is 11.4. The Hall–Kier alpha value is -1.94. The third kappa shape index (κ3) is 3.76. The number of nitrogens with one attached hydrogen (secondary N) is 2. The van der Waals surface area contributed by atoms with Gasteiger partial charge in [0.25, 0.3) is 0 Å². The fourth-order valence-electron chi connectivity index (χ4n) is 1.74. The van der Waals surface area contributed by atoms with Crippen LogP contribution in [0.2, 0.25) is 5.22 Å². The zero-order valence-electron chi connectivity index (χ0n) is 10.6. The van der Waals surface area contributed by atoms with E-state index < -0.39 is 0 Å². The number of furan rings is 1. The van der Waals surface area contributed by atoms with Gasteiger partial charge in [0.1, 0.15) is 5.76 Å². The Balaban J connectivity index is 2.05. The summed E-state index contributed by atoms with van der Waals surface area (Å²) in [5, 5.41) is 6.23. The predicted octanol–water partition coefficient (Wildman–Crippen LogP) is 2.83. The van der Waals surface area contributed by atoms with Crippen LogP contribution in [0.25, 0.3) is 0 Å². The molecule has 0 atom stereocenters. The number of hydrogen-bond acceptors (Lipinski definition) is 3. The molecule has 1 amide bonds.